The summed E-state index contributed by atoms with van der Waals surface area (Å²) in [4.78, 5) is 49.7. The molecule has 1 aliphatic heterocycles. The second-order valence-electron chi connectivity index (χ2n) is 8.56. The van der Waals surface area contributed by atoms with E-state index in [2.05, 4.69) is 10.6 Å². The number of carbonyl (C=O) groups excluding carboxylic acids is 4. The lowest BCUT2D eigenvalue weighted by molar-refractivity contribution is -0.127. The van der Waals surface area contributed by atoms with Crippen molar-refractivity contribution in [3.63, 3.8) is 0 Å². The molecule has 0 aliphatic carbocycles. The predicted octanol–water partition coefficient (Wildman–Crippen LogP) is 4.49. The van der Waals surface area contributed by atoms with E-state index in [9.17, 15) is 27.6 Å². The Bertz CT molecular complexity index is 1620. The van der Waals surface area contributed by atoms with Crippen LogP contribution in [0.4, 0.5) is 16.2 Å². The number of nitrogens with zero attached hydrogens (tertiary/aromatic N) is 1. The van der Waals surface area contributed by atoms with Gasteiger partial charge in [-0.25, -0.2) is 0 Å². The van der Waals surface area contributed by atoms with Crippen LogP contribution in [-0.4, -0.2) is 49.4 Å². The zero-order valence-electron chi connectivity index (χ0n) is 21.9. The third-order valence-electron chi connectivity index (χ3n) is 5.46. The molecule has 0 aromatic heterocycles. The van der Waals surface area contributed by atoms with Crippen LogP contribution in [0.15, 0.2) is 82.6 Å². The van der Waals surface area contributed by atoms with Crippen molar-refractivity contribution >= 4 is 62.3 Å². The fourth-order valence-electron chi connectivity index (χ4n) is 3.68. The lowest BCUT2D eigenvalue weighted by Gasteiger charge is -2.13. The van der Waals surface area contributed by atoms with Crippen molar-refractivity contribution in [3.8, 4) is 11.5 Å². The fraction of sp³-hybridized carbons (Fsp3) is 0.143. The predicted molar refractivity (Wildman–Crippen MR) is 154 cm³/mol. The van der Waals surface area contributed by atoms with Crippen LogP contribution >= 0.6 is 11.8 Å². The highest BCUT2D eigenvalue weighted by atomic mass is 32.2. The number of thioether (sulfide) groups is 1. The molecule has 2 N–H and O–H groups in total. The lowest BCUT2D eigenvalue weighted by Crippen LogP contribution is -2.36. The normalized spacial score (nSPS) is 14.2. The number of rotatable bonds is 10. The van der Waals surface area contributed by atoms with Crippen molar-refractivity contribution in [2.24, 2.45) is 0 Å². The molecule has 0 radical (unpaired) electrons. The van der Waals surface area contributed by atoms with E-state index in [0.717, 1.165) is 4.90 Å². The highest BCUT2D eigenvalue weighted by Crippen LogP contribution is 2.35. The Morgan fingerprint density at radius 2 is 1.61 bits per heavy atom. The first kappa shape index (κ1) is 29.4. The summed E-state index contributed by atoms with van der Waals surface area (Å²) >= 11 is 0.685. The van der Waals surface area contributed by atoms with E-state index >= 15 is 0 Å². The molecule has 41 heavy (non-hydrogen) atoms. The van der Waals surface area contributed by atoms with Crippen molar-refractivity contribution in [2.45, 2.75) is 18.7 Å². The van der Waals surface area contributed by atoms with Crippen LogP contribution in [0.5, 0.6) is 11.5 Å². The van der Waals surface area contributed by atoms with Gasteiger partial charge in [-0.2, -0.15) is 8.42 Å². The van der Waals surface area contributed by atoms with Gasteiger partial charge in [-0.15, -0.1) is 0 Å². The van der Waals surface area contributed by atoms with Gasteiger partial charge in [-0.3, -0.25) is 24.1 Å². The van der Waals surface area contributed by atoms with Crippen molar-refractivity contribution in [3.05, 3.63) is 83.3 Å². The summed E-state index contributed by atoms with van der Waals surface area (Å²) in [6.45, 7) is 2.79. The second kappa shape index (κ2) is 12.7. The maximum absolute atomic E-state index is 12.9. The Morgan fingerprint density at radius 1 is 0.927 bits per heavy atom. The van der Waals surface area contributed by atoms with Crippen molar-refractivity contribution < 1.29 is 36.5 Å². The van der Waals surface area contributed by atoms with Crippen molar-refractivity contribution in [1.29, 1.82) is 0 Å². The molecule has 1 heterocycles. The zero-order chi connectivity index (χ0) is 29.6. The maximum Gasteiger partial charge on any atom is 0.339 e. The Labute approximate surface area is 240 Å². The summed E-state index contributed by atoms with van der Waals surface area (Å²) < 4.78 is 36.6. The molecule has 0 bridgehead atoms. The summed E-state index contributed by atoms with van der Waals surface area (Å²) in [5.74, 6) is -1.43. The first-order valence-corrected chi connectivity index (χ1v) is 14.5. The number of imide groups is 1. The average Bonchev–Trinajstić information content (AvgIpc) is 3.18. The fourth-order valence-corrected chi connectivity index (χ4v) is 5.46. The van der Waals surface area contributed by atoms with Gasteiger partial charge in [0.1, 0.15) is 11.4 Å². The highest BCUT2D eigenvalue weighted by Gasteiger charge is 2.36. The van der Waals surface area contributed by atoms with E-state index in [0.29, 0.717) is 28.7 Å². The minimum Gasteiger partial charge on any atom is -0.490 e. The molecule has 3 aromatic rings. The van der Waals surface area contributed by atoms with Gasteiger partial charge in [0.2, 0.25) is 11.8 Å². The summed E-state index contributed by atoms with van der Waals surface area (Å²) in [6.07, 6.45) is 1.45. The standard InChI is InChI=1S/C28H25N3O8S2/c1-3-38-24-15-19(9-14-23(24)39-41(36,37)22-12-10-21(11-13-22)29-18(2)32)16-25-27(34)31(28(35)40-25)17-26(33)30-20-7-5-4-6-8-20/h4-16H,3,17H2,1-2H3,(H,29,32)(H,30,33)/b25-16-. The smallest absolute Gasteiger partial charge is 0.339 e. The summed E-state index contributed by atoms with van der Waals surface area (Å²) in [7, 11) is -4.25. The van der Waals surface area contributed by atoms with E-state index in [1.807, 2.05) is 0 Å². The molecule has 1 aliphatic rings. The van der Waals surface area contributed by atoms with Crippen LogP contribution in [0, 0.1) is 0 Å². The number of ether oxygens (including phenoxy) is 1. The quantitative estimate of drug-likeness (QED) is 0.256. The number of para-hydroxylation sites is 1. The van der Waals surface area contributed by atoms with Crippen molar-refractivity contribution in [2.75, 3.05) is 23.8 Å². The van der Waals surface area contributed by atoms with Crippen molar-refractivity contribution in [1.82, 2.24) is 4.90 Å². The Morgan fingerprint density at radius 3 is 2.27 bits per heavy atom. The van der Waals surface area contributed by atoms with Gasteiger partial charge < -0.3 is 19.6 Å². The molecule has 3 aromatic carbocycles. The summed E-state index contributed by atoms with van der Waals surface area (Å²) in [6, 6.07) is 18.5. The zero-order valence-corrected chi connectivity index (χ0v) is 23.6. The first-order valence-electron chi connectivity index (χ1n) is 12.2. The topological polar surface area (TPSA) is 148 Å². The van der Waals surface area contributed by atoms with E-state index in [4.69, 9.17) is 8.92 Å². The van der Waals surface area contributed by atoms with Crippen LogP contribution in [0.3, 0.4) is 0 Å². The SMILES string of the molecule is CCOc1cc(/C=C2\SC(=O)N(CC(=O)Nc3ccccc3)C2=O)ccc1OS(=O)(=O)c1ccc(NC(C)=O)cc1. The van der Waals surface area contributed by atoms with Crippen LogP contribution < -0.4 is 19.6 Å². The second-order valence-corrected chi connectivity index (χ2v) is 11.1. The Hall–Kier alpha value is -4.62. The van der Waals surface area contributed by atoms with Crippen LogP contribution in [0.2, 0.25) is 0 Å². The third-order valence-corrected chi connectivity index (χ3v) is 7.62. The molecule has 0 spiro atoms. The number of carbonyl (C=O) groups is 4. The molecule has 4 amide bonds. The average molecular weight is 596 g/mol. The monoisotopic (exact) mass is 595 g/mol. The number of anilines is 2. The van der Waals surface area contributed by atoms with Gasteiger partial charge >= 0.3 is 10.1 Å². The Balaban J connectivity index is 1.49. The van der Waals surface area contributed by atoms with Crippen LogP contribution in [0.1, 0.15) is 19.4 Å². The highest BCUT2D eigenvalue weighted by molar-refractivity contribution is 8.18. The van der Waals surface area contributed by atoms with Gasteiger partial charge in [-0.05, 0) is 78.9 Å². The molecule has 11 nitrogen and oxygen atoms in total. The van der Waals surface area contributed by atoms with Gasteiger partial charge in [0.25, 0.3) is 11.1 Å². The number of nitrogens with one attached hydrogen (secondary N) is 2. The molecule has 212 valence electrons. The third kappa shape index (κ3) is 7.52. The van der Waals surface area contributed by atoms with Gasteiger partial charge in [0.15, 0.2) is 11.5 Å². The molecule has 0 unspecified atom stereocenters. The van der Waals surface area contributed by atoms with Crippen LogP contribution in [-0.2, 0) is 24.5 Å². The lowest BCUT2D eigenvalue weighted by atomic mass is 10.2. The molecule has 4 rings (SSSR count). The van der Waals surface area contributed by atoms with E-state index in [1.54, 1.807) is 37.3 Å². The van der Waals surface area contributed by atoms with Gasteiger partial charge in [0, 0.05) is 18.3 Å². The molecule has 1 fully saturated rings. The maximum atomic E-state index is 12.9. The molecular formula is C28H25N3O8S2. The number of hydrogen-bond donors (Lipinski definition) is 2. The largest absolute Gasteiger partial charge is 0.490 e. The molecule has 0 atom stereocenters. The molecule has 1 saturated heterocycles. The Kier molecular flexibility index (Phi) is 9.10. The summed E-state index contributed by atoms with van der Waals surface area (Å²) in [5.41, 5.74) is 1.41. The van der Waals surface area contributed by atoms with Crippen LogP contribution in [0.25, 0.3) is 6.08 Å². The number of benzene rings is 3. The van der Waals surface area contributed by atoms with E-state index in [-0.39, 0.29) is 33.8 Å². The molecule has 13 heteroatoms. The van der Waals surface area contributed by atoms with E-state index < -0.39 is 33.7 Å². The minimum atomic E-state index is -4.25. The minimum absolute atomic E-state index is 0.0828. The van der Waals surface area contributed by atoms with Gasteiger partial charge in [-0.1, -0.05) is 24.3 Å². The molecular weight excluding hydrogens is 570 g/mol. The van der Waals surface area contributed by atoms with Gasteiger partial charge in [0.05, 0.1) is 11.5 Å². The summed E-state index contributed by atoms with van der Waals surface area (Å²) in [5, 5.41) is 4.59. The number of amides is 4. The van der Waals surface area contributed by atoms with E-state index in [1.165, 1.54) is 55.5 Å². The number of hydrogen-bond acceptors (Lipinski definition) is 9. The first-order chi connectivity index (χ1) is 19.6. The molecule has 0 saturated carbocycles.